The number of rotatable bonds is 4. The van der Waals surface area contributed by atoms with Gasteiger partial charge < -0.3 is 24.3 Å². The quantitative estimate of drug-likeness (QED) is 0.655. The number of carbonyl (C=O) groups excluding carboxylic acids is 2. The summed E-state index contributed by atoms with van der Waals surface area (Å²) in [6, 6.07) is 9.49. The number of amides is 1. The zero-order valence-electron chi connectivity index (χ0n) is 14.6. The lowest BCUT2D eigenvalue weighted by atomic mass is 9.82. The van der Waals surface area contributed by atoms with Gasteiger partial charge in [-0.05, 0) is 18.9 Å². The van der Waals surface area contributed by atoms with E-state index in [4.69, 9.17) is 18.9 Å². The number of fused-ring (bicyclic) bond motifs is 3. The van der Waals surface area contributed by atoms with Crippen LogP contribution >= 0.6 is 0 Å². The second-order valence-corrected chi connectivity index (χ2v) is 6.95. The van der Waals surface area contributed by atoms with Crippen molar-refractivity contribution in [3.8, 4) is 0 Å². The summed E-state index contributed by atoms with van der Waals surface area (Å²) in [5.74, 6) is -0.772. The van der Waals surface area contributed by atoms with Gasteiger partial charge in [-0.2, -0.15) is 0 Å². The molecule has 5 atom stereocenters. The van der Waals surface area contributed by atoms with E-state index in [9.17, 15) is 9.59 Å². The van der Waals surface area contributed by atoms with Gasteiger partial charge in [-0.1, -0.05) is 30.3 Å². The third-order valence-corrected chi connectivity index (χ3v) is 5.44. The molecule has 2 heterocycles. The molecule has 1 saturated carbocycles. The van der Waals surface area contributed by atoms with Gasteiger partial charge in [0.1, 0.15) is 12.2 Å². The SMILES string of the molecule is CNC(=O)O[C@@H]1OC=C(C(=O)OCc2ccccc2)[C@H]2C[C@H]3O[C@@]3(C)[C@H]12. The van der Waals surface area contributed by atoms with Gasteiger partial charge in [-0.25, -0.2) is 9.59 Å². The van der Waals surface area contributed by atoms with Crippen LogP contribution in [0.3, 0.4) is 0 Å². The third kappa shape index (κ3) is 2.82. The number of hydrogen-bond acceptors (Lipinski definition) is 6. The van der Waals surface area contributed by atoms with Crippen LogP contribution in [0.2, 0.25) is 0 Å². The fraction of sp³-hybridized carbons (Fsp3) is 0.474. The summed E-state index contributed by atoms with van der Waals surface area (Å²) in [6.07, 6.45) is 0.731. The topological polar surface area (TPSA) is 86.4 Å². The van der Waals surface area contributed by atoms with E-state index in [1.54, 1.807) is 0 Å². The molecule has 1 aliphatic carbocycles. The summed E-state index contributed by atoms with van der Waals surface area (Å²) in [5, 5.41) is 2.41. The Labute approximate surface area is 151 Å². The van der Waals surface area contributed by atoms with Crippen LogP contribution in [0.15, 0.2) is 42.2 Å². The first-order chi connectivity index (χ1) is 12.5. The van der Waals surface area contributed by atoms with E-state index in [2.05, 4.69) is 5.32 Å². The molecule has 4 rings (SSSR count). The highest BCUT2D eigenvalue weighted by Crippen LogP contribution is 2.61. The van der Waals surface area contributed by atoms with Crippen LogP contribution in [0.25, 0.3) is 0 Å². The van der Waals surface area contributed by atoms with Crippen molar-refractivity contribution in [1.82, 2.24) is 5.32 Å². The summed E-state index contributed by atoms with van der Waals surface area (Å²) in [7, 11) is 1.48. The summed E-state index contributed by atoms with van der Waals surface area (Å²) < 4.78 is 22.1. The molecule has 3 aliphatic rings. The molecule has 1 N–H and O–H groups in total. The molecule has 7 heteroatoms. The first-order valence-corrected chi connectivity index (χ1v) is 8.65. The van der Waals surface area contributed by atoms with Crippen LogP contribution in [0, 0.1) is 11.8 Å². The number of alkyl carbamates (subject to hydrolysis) is 1. The van der Waals surface area contributed by atoms with E-state index in [0.717, 1.165) is 5.56 Å². The number of nitrogens with one attached hydrogen (secondary N) is 1. The Kier molecular flexibility index (Phi) is 4.11. The molecule has 2 aliphatic heterocycles. The molecule has 2 fully saturated rings. The molecular weight excluding hydrogens is 338 g/mol. The Morgan fingerprint density at radius 1 is 1.31 bits per heavy atom. The molecular formula is C19H21NO6. The highest BCUT2D eigenvalue weighted by Gasteiger charge is 2.71. The van der Waals surface area contributed by atoms with Crippen molar-refractivity contribution in [2.45, 2.75) is 37.9 Å². The second-order valence-electron chi connectivity index (χ2n) is 6.95. The van der Waals surface area contributed by atoms with E-state index >= 15 is 0 Å². The Morgan fingerprint density at radius 2 is 2.08 bits per heavy atom. The molecule has 1 amide bonds. The minimum Gasteiger partial charge on any atom is -0.461 e. The van der Waals surface area contributed by atoms with E-state index in [1.807, 2.05) is 37.3 Å². The van der Waals surface area contributed by atoms with Crippen LogP contribution in [0.4, 0.5) is 4.79 Å². The van der Waals surface area contributed by atoms with Crippen LogP contribution in [-0.4, -0.2) is 37.1 Å². The molecule has 0 bridgehead atoms. The van der Waals surface area contributed by atoms with Gasteiger partial charge in [0, 0.05) is 13.0 Å². The van der Waals surface area contributed by atoms with Crippen LogP contribution < -0.4 is 5.32 Å². The van der Waals surface area contributed by atoms with E-state index in [-0.39, 0.29) is 24.5 Å². The normalized spacial score (nSPS) is 33.8. The zero-order valence-corrected chi connectivity index (χ0v) is 14.6. The molecule has 138 valence electrons. The van der Waals surface area contributed by atoms with Gasteiger partial charge in [0.05, 0.1) is 23.9 Å². The zero-order chi connectivity index (χ0) is 18.3. The maximum Gasteiger partial charge on any atom is 0.409 e. The summed E-state index contributed by atoms with van der Waals surface area (Å²) in [6.45, 7) is 2.16. The maximum absolute atomic E-state index is 12.6. The lowest BCUT2D eigenvalue weighted by molar-refractivity contribution is -0.152. The Morgan fingerprint density at radius 3 is 2.81 bits per heavy atom. The molecule has 0 spiro atoms. The van der Waals surface area contributed by atoms with E-state index in [0.29, 0.717) is 12.0 Å². The highest BCUT2D eigenvalue weighted by atomic mass is 16.7. The molecule has 0 aromatic heterocycles. The Bertz CT molecular complexity index is 748. The lowest BCUT2D eigenvalue weighted by Crippen LogP contribution is -2.44. The first-order valence-electron chi connectivity index (χ1n) is 8.65. The summed E-state index contributed by atoms with van der Waals surface area (Å²) in [5.41, 5.74) is 0.947. The fourth-order valence-corrected chi connectivity index (χ4v) is 3.99. The molecule has 1 aromatic carbocycles. The number of esters is 1. The molecule has 7 nitrogen and oxygen atoms in total. The van der Waals surface area contributed by atoms with Crippen molar-refractivity contribution in [3.05, 3.63) is 47.7 Å². The fourth-order valence-electron chi connectivity index (χ4n) is 3.99. The Balaban J connectivity index is 1.49. The van der Waals surface area contributed by atoms with Crippen LogP contribution in [-0.2, 0) is 30.3 Å². The van der Waals surface area contributed by atoms with Crippen molar-refractivity contribution in [1.29, 1.82) is 0 Å². The van der Waals surface area contributed by atoms with Gasteiger partial charge in [0.2, 0.25) is 0 Å². The third-order valence-electron chi connectivity index (χ3n) is 5.44. The van der Waals surface area contributed by atoms with Gasteiger partial charge in [-0.15, -0.1) is 0 Å². The van der Waals surface area contributed by atoms with Crippen molar-refractivity contribution in [3.63, 3.8) is 0 Å². The standard InChI is InChI=1S/C19H21NO6/c1-19-14(26-19)8-12-13(10-24-17(15(12)19)25-18(22)20-2)16(21)23-9-11-6-4-3-5-7-11/h3-7,10,12,14-15,17H,8-9H2,1-2H3,(H,20,22)/t12-,14-,15+,17+,19-/m1/s1. The molecule has 0 unspecified atom stereocenters. The number of carbonyl (C=O) groups is 2. The van der Waals surface area contributed by atoms with Crippen LogP contribution in [0.5, 0.6) is 0 Å². The van der Waals surface area contributed by atoms with Crippen molar-refractivity contribution in [2.75, 3.05) is 7.05 Å². The Hall–Kier alpha value is -2.54. The highest BCUT2D eigenvalue weighted by molar-refractivity contribution is 5.89. The minimum atomic E-state index is -0.789. The lowest BCUT2D eigenvalue weighted by Gasteiger charge is -2.35. The van der Waals surface area contributed by atoms with Crippen molar-refractivity contribution >= 4 is 12.1 Å². The summed E-state index contributed by atoms with van der Waals surface area (Å²) in [4.78, 5) is 24.2. The summed E-state index contributed by atoms with van der Waals surface area (Å²) >= 11 is 0. The van der Waals surface area contributed by atoms with E-state index in [1.165, 1.54) is 13.3 Å². The average Bonchev–Trinajstić information content (AvgIpc) is 3.21. The number of ether oxygens (including phenoxy) is 4. The van der Waals surface area contributed by atoms with Crippen molar-refractivity contribution in [2.24, 2.45) is 11.8 Å². The predicted molar refractivity (Wildman–Crippen MR) is 89.6 cm³/mol. The first kappa shape index (κ1) is 16.9. The monoisotopic (exact) mass is 359 g/mol. The predicted octanol–water partition coefficient (Wildman–Crippen LogP) is 2.12. The van der Waals surface area contributed by atoms with Gasteiger partial charge in [0.15, 0.2) is 0 Å². The van der Waals surface area contributed by atoms with Crippen LogP contribution in [0.1, 0.15) is 18.9 Å². The molecule has 1 saturated heterocycles. The number of epoxide rings is 1. The van der Waals surface area contributed by atoms with Gasteiger partial charge >= 0.3 is 12.1 Å². The smallest absolute Gasteiger partial charge is 0.409 e. The van der Waals surface area contributed by atoms with Gasteiger partial charge in [0.25, 0.3) is 6.29 Å². The minimum absolute atomic E-state index is 0.0420. The maximum atomic E-state index is 12.6. The largest absolute Gasteiger partial charge is 0.461 e. The second kappa shape index (κ2) is 6.32. The average molecular weight is 359 g/mol. The van der Waals surface area contributed by atoms with Gasteiger partial charge in [-0.3, -0.25) is 0 Å². The van der Waals surface area contributed by atoms with E-state index < -0.39 is 24.0 Å². The molecule has 26 heavy (non-hydrogen) atoms. The van der Waals surface area contributed by atoms with Crippen molar-refractivity contribution < 1.29 is 28.5 Å². The molecule has 1 aromatic rings. The number of benzene rings is 1. The molecule has 0 radical (unpaired) electrons. The number of hydrogen-bond donors (Lipinski definition) is 1.